The Bertz CT molecular complexity index is 963. The van der Waals surface area contributed by atoms with Gasteiger partial charge in [0.25, 0.3) is 0 Å². The molecule has 4 rings (SSSR count). The molecular weight excluding hydrogens is 352 g/mol. The SMILES string of the molecule is CCC1CCC(N(C2CC2)S(=O)(=O)c2ccc3c(c2)oc(=O)n3C)CC1. The van der Waals surface area contributed by atoms with Crippen molar-refractivity contribution in [3.63, 3.8) is 0 Å². The van der Waals surface area contributed by atoms with E-state index in [1.165, 1.54) is 17.1 Å². The van der Waals surface area contributed by atoms with Crippen LogP contribution in [0.15, 0.2) is 32.3 Å². The van der Waals surface area contributed by atoms with Crippen molar-refractivity contribution < 1.29 is 12.8 Å². The molecule has 0 spiro atoms. The summed E-state index contributed by atoms with van der Waals surface area (Å²) in [6.45, 7) is 2.21. The Morgan fingerprint density at radius 3 is 2.31 bits per heavy atom. The zero-order valence-corrected chi connectivity index (χ0v) is 16.2. The van der Waals surface area contributed by atoms with Crippen molar-refractivity contribution in [2.24, 2.45) is 13.0 Å². The lowest BCUT2D eigenvalue weighted by Crippen LogP contribution is -2.43. The van der Waals surface area contributed by atoms with Gasteiger partial charge in [0.2, 0.25) is 10.0 Å². The Balaban J connectivity index is 1.68. The van der Waals surface area contributed by atoms with Crippen LogP contribution in [0.5, 0.6) is 0 Å². The van der Waals surface area contributed by atoms with Gasteiger partial charge in [0, 0.05) is 25.2 Å². The van der Waals surface area contributed by atoms with Gasteiger partial charge in [0.1, 0.15) is 0 Å². The Labute approximate surface area is 153 Å². The van der Waals surface area contributed by atoms with Crippen LogP contribution in [0.1, 0.15) is 51.9 Å². The second-order valence-corrected chi connectivity index (χ2v) is 9.55. The van der Waals surface area contributed by atoms with Gasteiger partial charge in [-0.1, -0.05) is 13.3 Å². The minimum absolute atomic E-state index is 0.0915. The summed E-state index contributed by atoms with van der Waals surface area (Å²) < 4.78 is 35.1. The average molecular weight is 378 g/mol. The molecule has 0 aliphatic heterocycles. The van der Waals surface area contributed by atoms with Crippen LogP contribution in [0.25, 0.3) is 11.1 Å². The van der Waals surface area contributed by atoms with E-state index >= 15 is 0 Å². The monoisotopic (exact) mass is 378 g/mol. The van der Waals surface area contributed by atoms with Crippen molar-refractivity contribution in [3.05, 3.63) is 28.7 Å². The number of oxazole rings is 1. The molecule has 142 valence electrons. The fourth-order valence-electron chi connectivity index (χ4n) is 4.22. The lowest BCUT2D eigenvalue weighted by molar-refractivity contribution is 0.206. The number of nitrogens with zero attached hydrogens (tertiary/aromatic N) is 2. The topological polar surface area (TPSA) is 72.5 Å². The Morgan fingerprint density at radius 2 is 1.73 bits per heavy atom. The summed E-state index contributed by atoms with van der Waals surface area (Å²) in [4.78, 5) is 11.9. The predicted octanol–water partition coefficient (Wildman–Crippen LogP) is 3.25. The Kier molecular flexibility index (Phi) is 4.47. The first-order chi connectivity index (χ1) is 12.4. The zero-order valence-electron chi connectivity index (χ0n) is 15.3. The zero-order chi connectivity index (χ0) is 18.5. The smallest absolute Gasteiger partial charge is 0.408 e. The van der Waals surface area contributed by atoms with E-state index in [0.717, 1.165) is 44.4 Å². The minimum atomic E-state index is -3.59. The van der Waals surface area contributed by atoms with Crippen LogP contribution in [-0.4, -0.2) is 29.4 Å². The molecule has 0 atom stereocenters. The van der Waals surface area contributed by atoms with Crippen LogP contribution >= 0.6 is 0 Å². The van der Waals surface area contributed by atoms with Crippen LogP contribution in [0, 0.1) is 5.92 Å². The van der Waals surface area contributed by atoms with Crippen LogP contribution in [0.4, 0.5) is 0 Å². The van der Waals surface area contributed by atoms with Gasteiger partial charge in [-0.25, -0.2) is 13.2 Å². The van der Waals surface area contributed by atoms with Crippen LogP contribution in [0.2, 0.25) is 0 Å². The predicted molar refractivity (Wildman–Crippen MR) is 99.5 cm³/mol. The third kappa shape index (κ3) is 3.01. The molecule has 2 fully saturated rings. The van der Waals surface area contributed by atoms with Crippen molar-refractivity contribution >= 4 is 21.1 Å². The van der Waals surface area contributed by atoms with Gasteiger partial charge < -0.3 is 4.42 Å². The van der Waals surface area contributed by atoms with Gasteiger partial charge in [-0.05, 0) is 56.6 Å². The molecule has 0 saturated heterocycles. The fraction of sp³-hybridized carbons (Fsp3) is 0.632. The average Bonchev–Trinajstić information content (AvgIpc) is 3.41. The molecule has 6 nitrogen and oxygen atoms in total. The van der Waals surface area contributed by atoms with E-state index < -0.39 is 15.8 Å². The number of hydrogen-bond acceptors (Lipinski definition) is 4. The van der Waals surface area contributed by atoms with Crippen molar-refractivity contribution in [1.82, 2.24) is 8.87 Å². The maximum Gasteiger partial charge on any atom is 0.419 e. The first-order valence-corrected chi connectivity index (χ1v) is 11.0. The maximum absolute atomic E-state index is 13.4. The highest BCUT2D eigenvalue weighted by atomic mass is 32.2. The minimum Gasteiger partial charge on any atom is -0.408 e. The summed E-state index contributed by atoms with van der Waals surface area (Å²) in [6, 6.07) is 4.97. The molecule has 26 heavy (non-hydrogen) atoms. The van der Waals surface area contributed by atoms with Crippen molar-refractivity contribution in [2.45, 2.75) is 68.8 Å². The molecule has 2 saturated carbocycles. The third-order valence-electron chi connectivity index (χ3n) is 6.00. The fourth-order valence-corrected chi connectivity index (χ4v) is 6.17. The van der Waals surface area contributed by atoms with E-state index in [1.54, 1.807) is 23.5 Å². The number of fused-ring (bicyclic) bond motifs is 1. The number of hydrogen-bond donors (Lipinski definition) is 0. The second-order valence-electron chi connectivity index (χ2n) is 7.71. The summed E-state index contributed by atoms with van der Waals surface area (Å²) in [5, 5.41) is 0. The van der Waals surface area contributed by atoms with E-state index in [2.05, 4.69) is 6.92 Å². The molecule has 0 amide bonds. The van der Waals surface area contributed by atoms with E-state index in [4.69, 9.17) is 4.42 Å². The van der Waals surface area contributed by atoms with E-state index in [0.29, 0.717) is 11.1 Å². The molecule has 1 aromatic heterocycles. The van der Waals surface area contributed by atoms with Gasteiger partial charge in [0.15, 0.2) is 5.58 Å². The van der Waals surface area contributed by atoms with E-state index in [1.807, 2.05) is 0 Å². The number of benzene rings is 1. The largest absolute Gasteiger partial charge is 0.419 e. The maximum atomic E-state index is 13.4. The molecule has 0 unspecified atom stereocenters. The van der Waals surface area contributed by atoms with Gasteiger partial charge in [0.05, 0.1) is 10.4 Å². The number of sulfonamides is 1. The Morgan fingerprint density at radius 1 is 1.12 bits per heavy atom. The molecule has 2 aliphatic rings. The Hall–Kier alpha value is -1.60. The molecule has 0 radical (unpaired) electrons. The normalized spacial score (nSPS) is 24.4. The standard InChI is InChI=1S/C19H26N2O4S/c1-3-13-4-6-14(7-5-13)21(15-8-9-15)26(23,24)16-10-11-17-18(12-16)25-19(22)20(17)2/h10-15H,3-9H2,1-2H3. The molecule has 1 aromatic carbocycles. The van der Waals surface area contributed by atoms with Crippen molar-refractivity contribution in [2.75, 3.05) is 0 Å². The summed E-state index contributed by atoms with van der Waals surface area (Å²) in [7, 11) is -1.98. The number of rotatable bonds is 5. The lowest BCUT2D eigenvalue weighted by atomic mass is 9.84. The van der Waals surface area contributed by atoms with Crippen LogP contribution in [0.3, 0.4) is 0 Å². The van der Waals surface area contributed by atoms with E-state index in [9.17, 15) is 13.2 Å². The molecule has 2 aliphatic carbocycles. The summed E-state index contributed by atoms with van der Waals surface area (Å²) in [6.07, 6.45) is 7.14. The highest BCUT2D eigenvalue weighted by Gasteiger charge is 2.43. The first kappa shape index (κ1) is 17.8. The molecule has 2 aromatic rings. The highest BCUT2D eigenvalue weighted by molar-refractivity contribution is 7.89. The van der Waals surface area contributed by atoms with Crippen molar-refractivity contribution in [3.8, 4) is 0 Å². The molecule has 0 bridgehead atoms. The van der Waals surface area contributed by atoms with Gasteiger partial charge >= 0.3 is 5.76 Å². The second kappa shape index (κ2) is 6.53. The number of aromatic nitrogens is 1. The molecule has 1 heterocycles. The van der Waals surface area contributed by atoms with Crippen LogP contribution < -0.4 is 5.76 Å². The quantitative estimate of drug-likeness (QED) is 0.801. The van der Waals surface area contributed by atoms with Gasteiger partial charge in [-0.3, -0.25) is 4.57 Å². The molecular formula is C19H26N2O4S. The summed E-state index contributed by atoms with van der Waals surface area (Å²) in [5.41, 5.74) is 0.930. The van der Waals surface area contributed by atoms with E-state index in [-0.39, 0.29) is 17.0 Å². The molecule has 7 heteroatoms. The molecule has 0 N–H and O–H groups in total. The lowest BCUT2D eigenvalue weighted by Gasteiger charge is -2.36. The van der Waals surface area contributed by atoms with Gasteiger partial charge in [-0.15, -0.1) is 0 Å². The van der Waals surface area contributed by atoms with Crippen LogP contribution in [-0.2, 0) is 17.1 Å². The van der Waals surface area contributed by atoms with Gasteiger partial charge in [-0.2, -0.15) is 4.31 Å². The summed E-state index contributed by atoms with van der Waals surface area (Å²) >= 11 is 0. The first-order valence-electron chi connectivity index (χ1n) is 9.55. The number of aryl methyl sites for hydroxylation is 1. The summed E-state index contributed by atoms with van der Waals surface area (Å²) in [5.74, 6) is 0.247. The van der Waals surface area contributed by atoms with Crippen molar-refractivity contribution in [1.29, 1.82) is 0 Å². The highest BCUT2D eigenvalue weighted by Crippen LogP contribution is 2.40. The third-order valence-corrected chi connectivity index (χ3v) is 8.00.